The molecular formula is C18H20N2O3S. The van der Waals surface area contributed by atoms with E-state index in [4.69, 9.17) is 0 Å². The summed E-state index contributed by atoms with van der Waals surface area (Å²) in [5, 5.41) is 2.69. The number of hydrogen-bond donors (Lipinski definition) is 2. The van der Waals surface area contributed by atoms with Crippen LogP contribution in [0.1, 0.15) is 18.9 Å². The monoisotopic (exact) mass is 344 g/mol. The minimum atomic E-state index is -3.49. The topological polar surface area (TPSA) is 75.3 Å². The predicted octanol–water partition coefficient (Wildman–Crippen LogP) is 3.03. The smallest absolute Gasteiger partial charge is 0.248 e. The van der Waals surface area contributed by atoms with Gasteiger partial charge < -0.3 is 5.32 Å². The van der Waals surface area contributed by atoms with E-state index < -0.39 is 10.0 Å². The lowest BCUT2D eigenvalue weighted by molar-refractivity contribution is -0.111. The molecule has 0 radical (unpaired) electrons. The van der Waals surface area contributed by atoms with E-state index in [1.807, 2.05) is 37.3 Å². The van der Waals surface area contributed by atoms with Crippen LogP contribution in [0.15, 0.2) is 65.6 Å². The quantitative estimate of drug-likeness (QED) is 0.758. The van der Waals surface area contributed by atoms with Gasteiger partial charge in [-0.2, -0.15) is 0 Å². The number of anilines is 1. The predicted molar refractivity (Wildman–Crippen MR) is 96.0 cm³/mol. The second-order valence-electron chi connectivity index (χ2n) is 5.16. The third kappa shape index (κ3) is 5.33. The summed E-state index contributed by atoms with van der Waals surface area (Å²) in [5.41, 5.74) is 1.46. The Morgan fingerprint density at radius 3 is 2.33 bits per heavy atom. The highest BCUT2D eigenvalue weighted by Gasteiger charge is 2.12. The zero-order valence-corrected chi connectivity index (χ0v) is 14.2. The number of nitrogens with one attached hydrogen (secondary N) is 2. The van der Waals surface area contributed by atoms with E-state index in [0.29, 0.717) is 12.2 Å². The number of benzene rings is 2. The van der Waals surface area contributed by atoms with Crippen molar-refractivity contribution in [1.82, 2.24) is 4.72 Å². The highest BCUT2D eigenvalue weighted by Crippen LogP contribution is 2.14. The summed E-state index contributed by atoms with van der Waals surface area (Å²) in [7, 11) is -3.49. The number of carbonyl (C=O) groups excluding carboxylic acids is 1. The van der Waals surface area contributed by atoms with Crippen LogP contribution in [0.4, 0.5) is 5.69 Å². The lowest BCUT2D eigenvalue weighted by Gasteiger charge is -2.07. The lowest BCUT2D eigenvalue weighted by atomic mass is 10.2. The molecule has 2 N–H and O–H groups in total. The number of amides is 1. The van der Waals surface area contributed by atoms with Crippen molar-refractivity contribution in [2.24, 2.45) is 0 Å². The number of carbonyl (C=O) groups is 1. The van der Waals surface area contributed by atoms with E-state index in [1.54, 1.807) is 18.2 Å². The Hall–Kier alpha value is -2.44. The van der Waals surface area contributed by atoms with Crippen LogP contribution in [0.25, 0.3) is 6.08 Å². The molecular weight excluding hydrogens is 324 g/mol. The SMILES string of the molecule is CCCNS(=O)(=O)c1ccc(NC(=O)C=Cc2ccccc2)cc1. The van der Waals surface area contributed by atoms with E-state index in [2.05, 4.69) is 10.0 Å². The van der Waals surface area contributed by atoms with Gasteiger partial charge in [0.1, 0.15) is 0 Å². The van der Waals surface area contributed by atoms with Crippen LogP contribution < -0.4 is 10.0 Å². The van der Waals surface area contributed by atoms with Gasteiger partial charge in [-0.25, -0.2) is 13.1 Å². The van der Waals surface area contributed by atoms with Gasteiger partial charge in [-0.3, -0.25) is 4.79 Å². The maximum absolute atomic E-state index is 12.0. The van der Waals surface area contributed by atoms with Gasteiger partial charge in [0.05, 0.1) is 4.90 Å². The van der Waals surface area contributed by atoms with Gasteiger partial charge in [0, 0.05) is 18.3 Å². The van der Waals surface area contributed by atoms with Crippen molar-refractivity contribution >= 4 is 27.7 Å². The Labute approximate surface area is 142 Å². The zero-order chi connectivity index (χ0) is 17.4. The van der Waals surface area contributed by atoms with Crippen LogP contribution in [0.2, 0.25) is 0 Å². The van der Waals surface area contributed by atoms with Gasteiger partial charge in [0.25, 0.3) is 0 Å². The molecule has 1 amide bonds. The Morgan fingerprint density at radius 1 is 1.04 bits per heavy atom. The van der Waals surface area contributed by atoms with Crippen LogP contribution in [0.3, 0.4) is 0 Å². The Morgan fingerprint density at radius 2 is 1.71 bits per heavy atom. The average molecular weight is 344 g/mol. The summed E-state index contributed by atoms with van der Waals surface area (Å²) in [6, 6.07) is 15.5. The molecule has 0 fully saturated rings. The molecule has 0 aromatic heterocycles. The molecule has 2 rings (SSSR count). The maximum Gasteiger partial charge on any atom is 0.248 e. The van der Waals surface area contributed by atoms with Crippen LogP contribution in [-0.2, 0) is 14.8 Å². The molecule has 5 nitrogen and oxygen atoms in total. The van der Waals surface area contributed by atoms with Gasteiger partial charge in [0.2, 0.25) is 15.9 Å². The molecule has 6 heteroatoms. The van der Waals surface area contributed by atoms with E-state index in [0.717, 1.165) is 12.0 Å². The minimum absolute atomic E-state index is 0.175. The van der Waals surface area contributed by atoms with Crippen molar-refractivity contribution in [2.75, 3.05) is 11.9 Å². The molecule has 0 aliphatic heterocycles. The van der Waals surface area contributed by atoms with E-state index in [-0.39, 0.29) is 10.8 Å². The van der Waals surface area contributed by atoms with Gasteiger partial charge >= 0.3 is 0 Å². The summed E-state index contributed by atoms with van der Waals surface area (Å²) in [5.74, 6) is -0.279. The standard InChI is InChI=1S/C18H20N2O3S/c1-2-14-19-24(22,23)17-11-9-16(10-12-17)20-18(21)13-8-15-6-4-3-5-7-15/h3-13,19H,2,14H2,1H3,(H,20,21). The fourth-order valence-electron chi connectivity index (χ4n) is 1.96. The molecule has 0 bridgehead atoms. The van der Waals surface area contributed by atoms with Crippen molar-refractivity contribution in [2.45, 2.75) is 18.2 Å². The molecule has 2 aromatic rings. The highest BCUT2D eigenvalue weighted by atomic mass is 32.2. The first kappa shape index (κ1) is 17.9. The van der Waals surface area contributed by atoms with Crippen LogP contribution >= 0.6 is 0 Å². The zero-order valence-electron chi connectivity index (χ0n) is 13.4. The van der Waals surface area contributed by atoms with Crippen molar-refractivity contribution in [3.05, 3.63) is 66.2 Å². The van der Waals surface area contributed by atoms with E-state index >= 15 is 0 Å². The highest BCUT2D eigenvalue weighted by molar-refractivity contribution is 7.89. The largest absolute Gasteiger partial charge is 0.323 e. The molecule has 0 atom stereocenters. The Kier molecular flexibility index (Phi) is 6.28. The molecule has 0 aliphatic rings. The summed E-state index contributed by atoms with van der Waals surface area (Å²) in [6.07, 6.45) is 3.87. The Bertz CT molecular complexity index is 798. The fraction of sp³-hybridized carbons (Fsp3) is 0.167. The first-order valence-corrected chi connectivity index (χ1v) is 9.13. The van der Waals surface area contributed by atoms with Gasteiger partial charge in [-0.05, 0) is 42.3 Å². The lowest BCUT2D eigenvalue weighted by Crippen LogP contribution is -2.24. The third-order valence-electron chi connectivity index (χ3n) is 3.20. The minimum Gasteiger partial charge on any atom is -0.323 e. The van der Waals surface area contributed by atoms with Crippen LogP contribution in [0.5, 0.6) is 0 Å². The summed E-state index contributed by atoms with van der Waals surface area (Å²) in [6.45, 7) is 2.29. The summed E-state index contributed by atoms with van der Waals surface area (Å²) >= 11 is 0. The molecule has 0 unspecified atom stereocenters. The van der Waals surface area contributed by atoms with Gasteiger partial charge in [-0.15, -0.1) is 0 Å². The van der Waals surface area contributed by atoms with E-state index in [1.165, 1.54) is 18.2 Å². The Balaban J connectivity index is 1.99. The van der Waals surface area contributed by atoms with Crippen molar-refractivity contribution in [1.29, 1.82) is 0 Å². The normalized spacial score (nSPS) is 11.5. The third-order valence-corrected chi connectivity index (χ3v) is 4.68. The maximum atomic E-state index is 12.0. The number of sulfonamides is 1. The number of hydrogen-bond acceptors (Lipinski definition) is 3. The molecule has 2 aromatic carbocycles. The van der Waals surface area contributed by atoms with Crippen molar-refractivity contribution < 1.29 is 13.2 Å². The van der Waals surface area contributed by atoms with Crippen molar-refractivity contribution in [3.63, 3.8) is 0 Å². The summed E-state index contributed by atoms with van der Waals surface area (Å²) < 4.78 is 26.4. The second-order valence-corrected chi connectivity index (χ2v) is 6.92. The van der Waals surface area contributed by atoms with Gasteiger partial charge in [-0.1, -0.05) is 37.3 Å². The molecule has 0 heterocycles. The van der Waals surface area contributed by atoms with Crippen LogP contribution in [-0.4, -0.2) is 20.9 Å². The molecule has 0 spiro atoms. The fourth-order valence-corrected chi connectivity index (χ4v) is 3.09. The molecule has 0 saturated carbocycles. The molecule has 126 valence electrons. The van der Waals surface area contributed by atoms with E-state index in [9.17, 15) is 13.2 Å². The summed E-state index contributed by atoms with van der Waals surface area (Å²) in [4.78, 5) is 12.1. The number of rotatable bonds is 7. The molecule has 24 heavy (non-hydrogen) atoms. The van der Waals surface area contributed by atoms with Crippen molar-refractivity contribution in [3.8, 4) is 0 Å². The second kappa shape index (κ2) is 8.42. The van der Waals surface area contributed by atoms with Crippen LogP contribution in [0, 0.1) is 0 Å². The molecule has 0 aliphatic carbocycles. The first-order valence-electron chi connectivity index (χ1n) is 7.65. The first-order chi connectivity index (χ1) is 11.5. The van der Waals surface area contributed by atoms with Gasteiger partial charge in [0.15, 0.2) is 0 Å². The molecule has 0 saturated heterocycles. The average Bonchev–Trinajstić information content (AvgIpc) is 2.60.